The summed E-state index contributed by atoms with van der Waals surface area (Å²) in [5.41, 5.74) is 1.72. The van der Waals surface area contributed by atoms with Crippen LogP contribution < -0.4 is 4.90 Å². The highest BCUT2D eigenvalue weighted by atomic mass is 32.2. The van der Waals surface area contributed by atoms with Crippen LogP contribution >= 0.6 is 0 Å². The van der Waals surface area contributed by atoms with E-state index < -0.39 is 10.0 Å². The molecule has 0 unspecified atom stereocenters. The molecule has 5 nitrogen and oxygen atoms in total. The molecule has 0 N–H and O–H groups in total. The van der Waals surface area contributed by atoms with Crippen LogP contribution in [0.2, 0.25) is 0 Å². The van der Waals surface area contributed by atoms with Crippen molar-refractivity contribution in [2.24, 2.45) is 0 Å². The minimum absolute atomic E-state index is 0.142. The minimum Gasteiger partial charge on any atom is -0.309 e. The Hall–Kier alpha value is -1.66. The van der Waals surface area contributed by atoms with Crippen molar-refractivity contribution in [1.29, 1.82) is 0 Å². The molecular formula is C16H20N2O3S. The molecule has 0 aromatic heterocycles. The van der Waals surface area contributed by atoms with E-state index in [1.54, 1.807) is 27.4 Å². The molecule has 1 aromatic rings. The molecule has 1 saturated heterocycles. The molecule has 0 spiro atoms. The molecule has 0 saturated carbocycles. The monoisotopic (exact) mass is 320 g/mol. The first-order valence-corrected chi connectivity index (χ1v) is 9.05. The second kappa shape index (κ2) is 5.85. The first-order chi connectivity index (χ1) is 10.5. The zero-order chi connectivity index (χ0) is 15.7. The Labute approximate surface area is 131 Å². The zero-order valence-corrected chi connectivity index (χ0v) is 13.3. The number of carbonyl (C=O) groups excluding carboxylic acids is 1. The van der Waals surface area contributed by atoms with Gasteiger partial charge >= 0.3 is 0 Å². The molecule has 3 rings (SSSR count). The number of carbonyl (C=O) groups is 1. The van der Waals surface area contributed by atoms with Crippen LogP contribution in [0.25, 0.3) is 0 Å². The Bertz CT molecular complexity index is 706. The summed E-state index contributed by atoms with van der Waals surface area (Å²) < 4.78 is 26.8. The molecule has 2 aliphatic rings. The standard InChI is InChI=1S/C16H20N2O3S/c1-2-16(19)18-11-5-6-13-12-14(7-8-15(13)18)22(20,21)17-9-3-4-10-17/h2,7-8,12H,1,3-6,9-11H2. The lowest BCUT2D eigenvalue weighted by atomic mass is 10.0. The van der Waals surface area contributed by atoms with Gasteiger partial charge < -0.3 is 4.90 Å². The number of aryl methyl sites for hydroxylation is 1. The molecule has 6 heteroatoms. The van der Waals surface area contributed by atoms with Crippen LogP contribution in [0, 0.1) is 0 Å². The van der Waals surface area contributed by atoms with Gasteiger partial charge in [-0.2, -0.15) is 4.31 Å². The normalized spacial score (nSPS) is 19.0. The number of hydrogen-bond acceptors (Lipinski definition) is 3. The molecule has 2 aliphatic heterocycles. The van der Waals surface area contributed by atoms with Gasteiger partial charge in [0.05, 0.1) is 4.90 Å². The maximum absolute atomic E-state index is 12.6. The Morgan fingerprint density at radius 1 is 1.14 bits per heavy atom. The Morgan fingerprint density at radius 2 is 1.86 bits per heavy atom. The van der Waals surface area contributed by atoms with Gasteiger partial charge in [0.15, 0.2) is 0 Å². The second-order valence-corrected chi connectivity index (χ2v) is 7.64. The summed E-state index contributed by atoms with van der Waals surface area (Å²) in [6, 6.07) is 5.09. The number of nitrogens with zero attached hydrogens (tertiary/aromatic N) is 2. The quantitative estimate of drug-likeness (QED) is 0.800. The van der Waals surface area contributed by atoms with Crippen LogP contribution in [0.15, 0.2) is 35.7 Å². The van der Waals surface area contributed by atoms with E-state index in [1.165, 1.54) is 6.08 Å². The van der Waals surface area contributed by atoms with Crippen molar-refractivity contribution >= 4 is 21.6 Å². The van der Waals surface area contributed by atoms with Crippen molar-refractivity contribution in [3.63, 3.8) is 0 Å². The van der Waals surface area contributed by atoms with E-state index in [1.807, 2.05) is 0 Å². The number of anilines is 1. The van der Waals surface area contributed by atoms with E-state index in [-0.39, 0.29) is 5.91 Å². The van der Waals surface area contributed by atoms with Crippen molar-refractivity contribution in [3.05, 3.63) is 36.4 Å². The van der Waals surface area contributed by atoms with E-state index in [9.17, 15) is 13.2 Å². The molecule has 2 heterocycles. The molecule has 0 radical (unpaired) electrons. The van der Waals surface area contributed by atoms with Crippen molar-refractivity contribution in [3.8, 4) is 0 Å². The number of amides is 1. The molecule has 1 aromatic carbocycles. The van der Waals surface area contributed by atoms with E-state index in [0.29, 0.717) is 24.5 Å². The first kappa shape index (κ1) is 15.2. The molecule has 1 fully saturated rings. The largest absolute Gasteiger partial charge is 0.309 e. The summed E-state index contributed by atoms with van der Waals surface area (Å²) in [6.45, 7) is 5.37. The van der Waals surface area contributed by atoms with Gasteiger partial charge in [0.25, 0.3) is 0 Å². The first-order valence-electron chi connectivity index (χ1n) is 7.61. The van der Waals surface area contributed by atoms with Crippen molar-refractivity contribution in [2.45, 2.75) is 30.6 Å². The Morgan fingerprint density at radius 3 is 2.55 bits per heavy atom. The van der Waals surface area contributed by atoms with Crippen LogP contribution in [0.5, 0.6) is 0 Å². The molecule has 0 atom stereocenters. The lowest BCUT2D eigenvalue weighted by Crippen LogP contribution is -2.34. The molecule has 0 aliphatic carbocycles. The molecule has 118 valence electrons. The fourth-order valence-corrected chi connectivity index (χ4v) is 4.72. The lowest BCUT2D eigenvalue weighted by Gasteiger charge is -2.29. The predicted molar refractivity (Wildman–Crippen MR) is 85.3 cm³/mol. The third-order valence-electron chi connectivity index (χ3n) is 4.31. The summed E-state index contributed by atoms with van der Waals surface area (Å²) in [4.78, 5) is 13.9. The molecular weight excluding hydrogens is 300 g/mol. The summed E-state index contributed by atoms with van der Waals surface area (Å²) in [5, 5.41) is 0. The van der Waals surface area contributed by atoms with Gasteiger partial charge in [0, 0.05) is 25.3 Å². The van der Waals surface area contributed by atoms with Gasteiger partial charge in [-0.15, -0.1) is 0 Å². The average Bonchev–Trinajstić information content (AvgIpc) is 3.08. The van der Waals surface area contributed by atoms with E-state index in [4.69, 9.17) is 0 Å². The van der Waals surface area contributed by atoms with Crippen LogP contribution in [-0.2, 0) is 21.2 Å². The van der Waals surface area contributed by atoms with Crippen LogP contribution in [0.1, 0.15) is 24.8 Å². The third-order valence-corrected chi connectivity index (χ3v) is 6.21. The number of sulfonamides is 1. The minimum atomic E-state index is -3.41. The van der Waals surface area contributed by atoms with Crippen LogP contribution in [-0.4, -0.2) is 38.3 Å². The van der Waals surface area contributed by atoms with Crippen molar-refractivity contribution in [1.82, 2.24) is 4.31 Å². The topological polar surface area (TPSA) is 57.7 Å². The Balaban J connectivity index is 1.97. The summed E-state index contributed by atoms with van der Waals surface area (Å²) in [6.07, 6.45) is 4.76. The lowest BCUT2D eigenvalue weighted by molar-refractivity contribution is -0.114. The highest BCUT2D eigenvalue weighted by Crippen LogP contribution is 2.31. The molecule has 0 bridgehead atoms. The van der Waals surface area contributed by atoms with Gasteiger partial charge in [-0.1, -0.05) is 6.58 Å². The summed E-state index contributed by atoms with van der Waals surface area (Å²) >= 11 is 0. The Kier molecular flexibility index (Phi) is 4.06. The van der Waals surface area contributed by atoms with Crippen molar-refractivity contribution < 1.29 is 13.2 Å². The zero-order valence-electron chi connectivity index (χ0n) is 12.5. The highest BCUT2D eigenvalue weighted by Gasteiger charge is 2.29. The van der Waals surface area contributed by atoms with Crippen molar-refractivity contribution in [2.75, 3.05) is 24.5 Å². The summed E-state index contributed by atoms with van der Waals surface area (Å²) in [7, 11) is -3.41. The maximum atomic E-state index is 12.6. The maximum Gasteiger partial charge on any atom is 0.250 e. The van der Waals surface area contributed by atoms with Gasteiger partial charge in [0.2, 0.25) is 15.9 Å². The van der Waals surface area contributed by atoms with Gasteiger partial charge in [-0.3, -0.25) is 4.79 Å². The number of hydrogen-bond donors (Lipinski definition) is 0. The van der Waals surface area contributed by atoms with E-state index in [0.717, 1.165) is 36.9 Å². The van der Waals surface area contributed by atoms with Crippen LogP contribution in [0.3, 0.4) is 0 Å². The number of rotatable bonds is 3. The van der Waals surface area contributed by atoms with E-state index >= 15 is 0 Å². The summed E-state index contributed by atoms with van der Waals surface area (Å²) in [5.74, 6) is -0.142. The fourth-order valence-electron chi connectivity index (χ4n) is 3.15. The van der Waals surface area contributed by atoms with Crippen LogP contribution in [0.4, 0.5) is 5.69 Å². The number of fused-ring (bicyclic) bond motifs is 1. The fraction of sp³-hybridized carbons (Fsp3) is 0.438. The molecule has 1 amide bonds. The SMILES string of the molecule is C=CC(=O)N1CCCc2cc(S(=O)(=O)N3CCCC3)ccc21. The average molecular weight is 320 g/mol. The third kappa shape index (κ3) is 2.57. The molecule has 22 heavy (non-hydrogen) atoms. The predicted octanol–water partition coefficient (Wildman–Crippen LogP) is 1.94. The van der Waals surface area contributed by atoms with E-state index in [2.05, 4.69) is 6.58 Å². The van der Waals surface area contributed by atoms with Gasteiger partial charge in [-0.25, -0.2) is 8.42 Å². The highest BCUT2D eigenvalue weighted by molar-refractivity contribution is 7.89. The second-order valence-electron chi connectivity index (χ2n) is 5.70. The smallest absolute Gasteiger partial charge is 0.250 e. The number of benzene rings is 1. The van der Waals surface area contributed by atoms with Gasteiger partial charge in [0.1, 0.15) is 0 Å². The van der Waals surface area contributed by atoms with Gasteiger partial charge in [-0.05, 0) is 55.5 Å².